The van der Waals surface area contributed by atoms with E-state index in [1.165, 1.54) is 12.1 Å². The minimum Gasteiger partial charge on any atom is -0.477 e. The van der Waals surface area contributed by atoms with Crippen LogP contribution in [0.2, 0.25) is 0 Å². The Balaban J connectivity index is 2.45. The lowest BCUT2D eigenvalue weighted by Crippen LogP contribution is -2.03. The molecule has 1 heterocycles. The number of hydrogen-bond donors (Lipinski definition) is 1. The highest BCUT2D eigenvalue weighted by Crippen LogP contribution is 2.30. The first-order chi connectivity index (χ1) is 8.99. The summed E-state index contributed by atoms with van der Waals surface area (Å²) in [5.74, 6) is -1.26. The van der Waals surface area contributed by atoms with Crippen molar-refractivity contribution in [1.29, 1.82) is 0 Å². The lowest BCUT2D eigenvalue weighted by Gasteiger charge is -2.09. The molecule has 1 aromatic heterocycles. The number of aromatic nitrogens is 1. The SMILES string of the molecule is Cc1ccc(-c2oncc2C(=O)O)cc1OC(F)F. The van der Waals surface area contributed by atoms with Crippen LogP contribution in [0.25, 0.3) is 11.3 Å². The van der Waals surface area contributed by atoms with Crippen LogP contribution >= 0.6 is 0 Å². The van der Waals surface area contributed by atoms with Gasteiger partial charge in [0.05, 0.1) is 6.20 Å². The molecule has 0 unspecified atom stereocenters. The van der Waals surface area contributed by atoms with Gasteiger partial charge in [0.25, 0.3) is 0 Å². The average Bonchev–Trinajstić information content (AvgIpc) is 2.80. The summed E-state index contributed by atoms with van der Waals surface area (Å²) in [4.78, 5) is 10.9. The van der Waals surface area contributed by atoms with Crippen molar-refractivity contribution < 1.29 is 27.9 Å². The van der Waals surface area contributed by atoms with Crippen LogP contribution in [0.15, 0.2) is 28.9 Å². The van der Waals surface area contributed by atoms with Crippen LogP contribution in [-0.4, -0.2) is 22.8 Å². The summed E-state index contributed by atoms with van der Waals surface area (Å²) in [6, 6.07) is 4.36. The van der Waals surface area contributed by atoms with Crippen LogP contribution in [-0.2, 0) is 0 Å². The molecule has 19 heavy (non-hydrogen) atoms. The molecule has 5 nitrogen and oxygen atoms in total. The first-order valence-corrected chi connectivity index (χ1v) is 5.23. The van der Waals surface area contributed by atoms with Crippen molar-refractivity contribution in [2.45, 2.75) is 13.5 Å². The second-order valence-electron chi connectivity index (χ2n) is 3.73. The van der Waals surface area contributed by atoms with Gasteiger partial charge in [-0.3, -0.25) is 0 Å². The fraction of sp³-hybridized carbons (Fsp3) is 0.167. The zero-order chi connectivity index (χ0) is 14.0. The number of carboxylic acids is 1. The van der Waals surface area contributed by atoms with Crippen LogP contribution in [0.4, 0.5) is 8.78 Å². The zero-order valence-corrected chi connectivity index (χ0v) is 9.76. The van der Waals surface area contributed by atoms with E-state index in [0.29, 0.717) is 11.1 Å². The number of hydrogen-bond acceptors (Lipinski definition) is 4. The number of ether oxygens (including phenoxy) is 1. The van der Waals surface area contributed by atoms with Crippen LogP contribution in [0, 0.1) is 6.92 Å². The van der Waals surface area contributed by atoms with Crippen LogP contribution in [0.1, 0.15) is 15.9 Å². The van der Waals surface area contributed by atoms with E-state index in [2.05, 4.69) is 9.89 Å². The molecule has 0 aliphatic rings. The monoisotopic (exact) mass is 269 g/mol. The zero-order valence-electron chi connectivity index (χ0n) is 9.76. The molecule has 0 saturated carbocycles. The topological polar surface area (TPSA) is 72.6 Å². The minimum atomic E-state index is -2.96. The molecule has 0 bridgehead atoms. The number of benzene rings is 1. The molecule has 2 rings (SSSR count). The van der Waals surface area contributed by atoms with E-state index in [0.717, 1.165) is 6.20 Å². The normalized spacial score (nSPS) is 10.7. The summed E-state index contributed by atoms with van der Waals surface area (Å²) < 4.78 is 33.6. The second-order valence-corrected chi connectivity index (χ2v) is 3.73. The predicted molar refractivity (Wildman–Crippen MR) is 60.3 cm³/mol. The van der Waals surface area contributed by atoms with E-state index in [1.807, 2.05) is 0 Å². The Morgan fingerprint density at radius 2 is 2.21 bits per heavy atom. The highest BCUT2D eigenvalue weighted by Gasteiger charge is 2.18. The fourth-order valence-corrected chi connectivity index (χ4v) is 1.56. The summed E-state index contributed by atoms with van der Waals surface area (Å²) in [5.41, 5.74) is 0.656. The highest BCUT2D eigenvalue weighted by molar-refractivity contribution is 5.94. The molecule has 7 heteroatoms. The van der Waals surface area contributed by atoms with Gasteiger partial charge in [0.1, 0.15) is 11.3 Å². The van der Waals surface area contributed by atoms with Gasteiger partial charge in [-0.15, -0.1) is 0 Å². The Labute approximate surface area is 106 Å². The largest absolute Gasteiger partial charge is 0.477 e. The number of aromatic carboxylic acids is 1. The molecule has 0 amide bonds. The van der Waals surface area contributed by atoms with E-state index in [-0.39, 0.29) is 17.1 Å². The molecule has 0 spiro atoms. The Morgan fingerprint density at radius 3 is 2.84 bits per heavy atom. The molecule has 0 saturated heterocycles. The molecule has 0 fully saturated rings. The van der Waals surface area contributed by atoms with Gasteiger partial charge in [-0.05, 0) is 18.6 Å². The summed E-state index contributed by atoms with van der Waals surface area (Å²) in [5, 5.41) is 12.3. The summed E-state index contributed by atoms with van der Waals surface area (Å²) in [6.07, 6.45) is 1.05. The number of halogens is 2. The second kappa shape index (κ2) is 5.05. The van der Waals surface area contributed by atoms with Gasteiger partial charge in [0, 0.05) is 5.56 Å². The molecule has 0 aliphatic heterocycles. The van der Waals surface area contributed by atoms with Crippen molar-refractivity contribution in [2.24, 2.45) is 0 Å². The van der Waals surface area contributed by atoms with Gasteiger partial charge >= 0.3 is 12.6 Å². The van der Waals surface area contributed by atoms with Gasteiger partial charge in [-0.1, -0.05) is 17.3 Å². The molecule has 1 aromatic carbocycles. The maximum Gasteiger partial charge on any atom is 0.387 e. The van der Waals surface area contributed by atoms with Crippen molar-refractivity contribution >= 4 is 5.97 Å². The number of rotatable bonds is 4. The van der Waals surface area contributed by atoms with Crippen molar-refractivity contribution in [3.05, 3.63) is 35.5 Å². The minimum absolute atomic E-state index is 0.00776. The molecular formula is C12H9F2NO4. The smallest absolute Gasteiger partial charge is 0.387 e. The number of carboxylic acid groups (broad SMARTS) is 1. The molecule has 0 radical (unpaired) electrons. The van der Waals surface area contributed by atoms with Crippen molar-refractivity contribution in [2.75, 3.05) is 0 Å². The summed E-state index contributed by atoms with van der Waals surface area (Å²) in [6.45, 7) is -1.36. The molecule has 2 aromatic rings. The van der Waals surface area contributed by atoms with Crippen molar-refractivity contribution in [3.8, 4) is 17.1 Å². The lowest BCUT2D eigenvalue weighted by molar-refractivity contribution is -0.0502. The van der Waals surface area contributed by atoms with Crippen LogP contribution in [0.3, 0.4) is 0 Å². The first kappa shape index (κ1) is 13.0. The maximum absolute atomic E-state index is 12.2. The van der Waals surface area contributed by atoms with Gasteiger partial charge in [-0.25, -0.2) is 4.79 Å². The van der Waals surface area contributed by atoms with Crippen molar-refractivity contribution in [1.82, 2.24) is 5.16 Å². The van der Waals surface area contributed by atoms with E-state index in [9.17, 15) is 13.6 Å². The van der Waals surface area contributed by atoms with Gasteiger partial charge in [0.2, 0.25) is 0 Å². The Morgan fingerprint density at radius 1 is 1.47 bits per heavy atom. The molecule has 0 atom stereocenters. The molecule has 1 N–H and O–H groups in total. The maximum atomic E-state index is 12.2. The third-order valence-corrected chi connectivity index (χ3v) is 2.47. The van der Waals surface area contributed by atoms with Gasteiger partial charge in [-0.2, -0.15) is 8.78 Å². The van der Waals surface area contributed by atoms with Crippen LogP contribution in [0.5, 0.6) is 5.75 Å². The van der Waals surface area contributed by atoms with Gasteiger partial charge < -0.3 is 14.4 Å². The van der Waals surface area contributed by atoms with E-state index in [1.54, 1.807) is 13.0 Å². The van der Waals surface area contributed by atoms with Gasteiger partial charge in [0.15, 0.2) is 5.76 Å². The lowest BCUT2D eigenvalue weighted by atomic mass is 10.1. The standard InChI is InChI=1S/C12H9F2NO4/c1-6-2-3-7(4-9(6)18-12(13)14)10-8(11(16)17)5-15-19-10/h2-5,12H,1H3,(H,16,17). The fourth-order valence-electron chi connectivity index (χ4n) is 1.56. The molecular weight excluding hydrogens is 260 g/mol. The summed E-state index contributed by atoms with van der Waals surface area (Å²) >= 11 is 0. The van der Waals surface area contributed by atoms with Crippen molar-refractivity contribution in [3.63, 3.8) is 0 Å². The molecule has 0 aliphatic carbocycles. The first-order valence-electron chi connectivity index (χ1n) is 5.23. The average molecular weight is 269 g/mol. The number of aryl methyl sites for hydroxylation is 1. The molecule has 100 valence electrons. The summed E-state index contributed by atoms with van der Waals surface area (Å²) in [7, 11) is 0. The predicted octanol–water partition coefficient (Wildman–Crippen LogP) is 2.95. The Hall–Kier alpha value is -2.44. The Kier molecular flexibility index (Phi) is 3.46. The Bertz CT molecular complexity index is 610. The van der Waals surface area contributed by atoms with E-state index < -0.39 is 12.6 Å². The highest BCUT2D eigenvalue weighted by atomic mass is 19.3. The third-order valence-electron chi connectivity index (χ3n) is 2.47. The number of alkyl halides is 2. The third kappa shape index (κ3) is 2.70. The quantitative estimate of drug-likeness (QED) is 0.923. The van der Waals surface area contributed by atoms with Crippen LogP contribution < -0.4 is 4.74 Å². The van der Waals surface area contributed by atoms with E-state index in [4.69, 9.17) is 9.63 Å². The number of nitrogens with zero attached hydrogens (tertiary/aromatic N) is 1. The van der Waals surface area contributed by atoms with E-state index >= 15 is 0 Å². The number of carbonyl (C=O) groups is 1.